The van der Waals surface area contributed by atoms with E-state index in [2.05, 4.69) is 31.8 Å². The minimum absolute atomic E-state index is 0.158. The van der Waals surface area contributed by atoms with Gasteiger partial charge in [-0.05, 0) is 64.1 Å². The summed E-state index contributed by atoms with van der Waals surface area (Å²) >= 11 is 4.52. The van der Waals surface area contributed by atoms with Crippen LogP contribution in [0.2, 0.25) is 0 Å². The van der Waals surface area contributed by atoms with Gasteiger partial charge in [-0.25, -0.2) is 5.43 Å². The van der Waals surface area contributed by atoms with E-state index < -0.39 is 5.91 Å². The van der Waals surface area contributed by atoms with Crippen LogP contribution in [0.15, 0.2) is 68.1 Å². The van der Waals surface area contributed by atoms with E-state index in [1.165, 1.54) is 11.3 Å². The van der Waals surface area contributed by atoms with E-state index in [-0.39, 0.29) is 11.7 Å². The predicted octanol–water partition coefficient (Wildman–Crippen LogP) is 4.51. The Balaban J connectivity index is 1.68. The normalized spacial score (nSPS) is 11.2. The highest BCUT2D eigenvalue weighted by atomic mass is 79.9. The van der Waals surface area contributed by atoms with E-state index in [1.807, 2.05) is 23.6 Å². The first-order valence-electron chi connectivity index (χ1n) is 7.58. The number of hydrogen-bond acceptors (Lipinski definition) is 5. The van der Waals surface area contributed by atoms with Gasteiger partial charge < -0.3 is 9.73 Å². The van der Waals surface area contributed by atoms with Crippen molar-refractivity contribution in [3.8, 4) is 0 Å². The van der Waals surface area contributed by atoms with Crippen molar-refractivity contribution in [2.75, 3.05) is 5.32 Å². The Kier molecular flexibility index (Phi) is 5.65. The molecule has 132 valence electrons. The number of halogens is 1. The van der Waals surface area contributed by atoms with Crippen molar-refractivity contribution in [2.24, 2.45) is 5.10 Å². The number of nitrogens with zero attached hydrogens (tertiary/aromatic N) is 1. The molecule has 0 bridgehead atoms. The highest BCUT2D eigenvalue weighted by molar-refractivity contribution is 9.10. The Morgan fingerprint density at radius 2 is 1.96 bits per heavy atom. The molecule has 0 aliphatic carbocycles. The molecule has 3 rings (SSSR count). The molecular formula is C18H14BrN3O3S. The molecule has 0 saturated heterocycles. The lowest BCUT2D eigenvalue weighted by Crippen LogP contribution is -2.18. The van der Waals surface area contributed by atoms with Gasteiger partial charge in [-0.3, -0.25) is 9.59 Å². The molecule has 0 aliphatic heterocycles. The number of rotatable bonds is 5. The number of thiophene rings is 1. The fourth-order valence-corrected chi connectivity index (χ4v) is 3.04. The highest BCUT2D eigenvalue weighted by Crippen LogP contribution is 2.16. The molecule has 2 amide bonds. The van der Waals surface area contributed by atoms with Crippen LogP contribution in [0.4, 0.5) is 5.69 Å². The van der Waals surface area contributed by atoms with Crippen LogP contribution in [0.3, 0.4) is 0 Å². The smallest absolute Gasteiger partial charge is 0.307 e. The molecule has 0 atom stereocenters. The largest absolute Gasteiger partial charge is 0.444 e. The average Bonchev–Trinajstić information content (AvgIpc) is 3.31. The van der Waals surface area contributed by atoms with Crippen LogP contribution in [0.1, 0.15) is 32.7 Å². The molecule has 2 aromatic heterocycles. The Hall–Kier alpha value is -2.71. The second-order valence-electron chi connectivity index (χ2n) is 5.25. The van der Waals surface area contributed by atoms with Crippen LogP contribution < -0.4 is 10.7 Å². The van der Waals surface area contributed by atoms with Crippen molar-refractivity contribution in [1.82, 2.24) is 5.43 Å². The number of hydrazone groups is 1. The average molecular weight is 432 g/mol. The van der Waals surface area contributed by atoms with Gasteiger partial charge in [-0.1, -0.05) is 18.2 Å². The summed E-state index contributed by atoms with van der Waals surface area (Å²) in [5.74, 6) is -0.453. The molecule has 0 aliphatic rings. The number of anilines is 1. The minimum atomic E-state index is -0.447. The molecule has 2 N–H and O–H groups in total. The van der Waals surface area contributed by atoms with Gasteiger partial charge in [0.1, 0.15) is 0 Å². The van der Waals surface area contributed by atoms with Crippen LogP contribution in [0, 0.1) is 0 Å². The van der Waals surface area contributed by atoms with Gasteiger partial charge in [0, 0.05) is 5.69 Å². The quantitative estimate of drug-likeness (QED) is 0.460. The van der Waals surface area contributed by atoms with Crippen LogP contribution in [0.5, 0.6) is 0 Å². The SMILES string of the molecule is C/C(=N\NC(=O)c1ccc(Br)o1)c1cccc(NC(=O)c2cccs2)c1. The summed E-state index contributed by atoms with van der Waals surface area (Å²) in [5.41, 5.74) is 4.46. The molecular weight excluding hydrogens is 418 g/mol. The lowest BCUT2D eigenvalue weighted by molar-refractivity contribution is 0.0925. The second kappa shape index (κ2) is 8.11. The number of benzene rings is 1. The first kappa shape index (κ1) is 18.1. The van der Waals surface area contributed by atoms with Gasteiger partial charge >= 0.3 is 5.91 Å². The van der Waals surface area contributed by atoms with E-state index in [0.717, 1.165) is 5.56 Å². The molecule has 0 unspecified atom stereocenters. The third-order valence-electron chi connectivity index (χ3n) is 3.41. The molecule has 0 fully saturated rings. The summed E-state index contributed by atoms with van der Waals surface area (Å²) in [7, 11) is 0. The van der Waals surface area contributed by atoms with Crippen LogP contribution in [-0.2, 0) is 0 Å². The van der Waals surface area contributed by atoms with Gasteiger partial charge in [0.25, 0.3) is 5.91 Å². The monoisotopic (exact) mass is 431 g/mol. The molecule has 1 aromatic carbocycles. The molecule has 8 heteroatoms. The highest BCUT2D eigenvalue weighted by Gasteiger charge is 2.10. The number of carbonyl (C=O) groups excluding carboxylic acids is 2. The Labute approximate surface area is 162 Å². The molecule has 3 aromatic rings. The summed E-state index contributed by atoms with van der Waals surface area (Å²) < 4.78 is 5.64. The van der Waals surface area contributed by atoms with Crippen LogP contribution in [0.25, 0.3) is 0 Å². The fourth-order valence-electron chi connectivity index (χ4n) is 2.11. The summed E-state index contributed by atoms with van der Waals surface area (Å²) in [6, 6.07) is 14.0. The van der Waals surface area contributed by atoms with Gasteiger partial charge in [0.15, 0.2) is 10.4 Å². The van der Waals surface area contributed by atoms with E-state index >= 15 is 0 Å². The van der Waals surface area contributed by atoms with Crippen molar-refractivity contribution >= 4 is 50.5 Å². The Morgan fingerprint density at radius 1 is 1.12 bits per heavy atom. The summed E-state index contributed by atoms with van der Waals surface area (Å²) in [6.07, 6.45) is 0. The number of hydrogen-bond donors (Lipinski definition) is 2. The van der Waals surface area contributed by atoms with Gasteiger partial charge in [0.2, 0.25) is 0 Å². The topological polar surface area (TPSA) is 83.7 Å². The fraction of sp³-hybridized carbons (Fsp3) is 0.0556. The molecule has 2 heterocycles. The maximum atomic E-state index is 12.1. The zero-order valence-corrected chi connectivity index (χ0v) is 16.1. The number of nitrogens with one attached hydrogen (secondary N) is 2. The van der Waals surface area contributed by atoms with Gasteiger partial charge in [-0.2, -0.15) is 5.10 Å². The van der Waals surface area contributed by atoms with Crippen molar-refractivity contribution in [3.05, 3.63) is 74.8 Å². The first-order valence-corrected chi connectivity index (χ1v) is 9.25. The number of carbonyl (C=O) groups is 2. The summed E-state index contributed by atoms with van der Waals surface area (Å²) in [5, 5.41) is 8.77. The van der Waals surface area contributed by atoms with Gasteiger partial charge in [0.05, 0.1) is 10.6 Å². The van der Waals surface area contributed by atoms with Crippen molar-refractivity contribution in [2.45, 2.75) is 6.92 Å². The lowest BCUT2D eigenvalue weighted by atomic mass is 10.1. The zero-order valence-electron chi connectivity index (χ0n) is 13.7. The molecule has 0 radical (unpaired) electrons. The molecule has 0 spiro atoms. The maximum absolute atomic E-state index is 12.1. The molecule has 26 heavy (non-hydrogen) atoms. The summed E-state index contributed by atoms with van der Waals surface area (Å²) in [6.45, 7) is 1.76. The van der Waals surface area contributed by atoms with Gasteiger partial charge in [-0.15, -0.1) is 11.3 Å². The Bertz CT molecular complexity index is 964. The van der Waals surface area contributed by atoms with E-state index in [4.69, 9.17) is 4.42 Å². The third kappa shape index (κ3) is 4.47. The van der Waals surface area contributed by atoms with Crippen molar-refractivity contribution in [1.29, 1.82) is 0 Å². The maximum Gasteiger partial charge on any atom is 0.307 e. The Morgan fingerprint density at radius 3 is 2.65 bits per heavy atom. The zero-order chi connectivity index (χ0) is 18.5. The number of amides is 2. The lowest BCUT2D eigenvalue weighted by Gasteiger charge is -2.07. The predicted molar refractivity (Wildman–Crippen MR) is 105 cm³/mol. The standard InChI is InChI=1S/C18H14BrN3O3S/c1-11(21-22-17(23)14-7-8-16(19)25-14)12-4-2-5-13(10-12)20-18(24)15-6-3-9-26-15/h2-10H,1H3,(H,20,24)(H,22,23)/b21-11+. The molecule has 0 saturated carbocycles. The van der Waals surface area contributed by atoms with Crippen molar-refractivity contribution in [3.63, 3.8) is 0 Å². The number of furan rings is 1. The third-order valence-corrected chi connectivity index (χ3v) is 4.70. The van der Waals surface area contributed by atoms with E-state index in [0.29, 0.717) is 20.9 Å². The second-order valence-corrected chi connectivity index (χ2v) is 6.98. The van der Waals surface area contributed by atoms with E-state index in [1.54, 1.807) is 37.3 Å². The van der Waals surface area contributed by atoms with Crippen LogP contribution >= 0.6 is 27.3 Å². The van der Waals surface area contributed by atoms with Crippen molar-refractivity contribution < 1.29 is 14.0 Å². The summed E-state index contributed by atoms with van der Waals surface area (Å²) in [4.78, 5) is 24.7. The first-order chi connectivity index (χ1) is 12.5. The van der Waals surface area contributed by atoms with Crippen LogP contribution in [-0.4, -0.2) is 17.5 Å². The van der Waals surface area contributed by atoms with E-state index in [9.17, 15) is 9.59 Å². The minimum Gasteiger partial charge on any atom is -0.444 e. The molecule has 6 nitrogen and oxygen atoms in total.